The average Bonchev–Trinajstić information content (AvgIpc) is 2.93. The molecule has 0 aromatic heterocycles. The van der Waals surface area contributed by atoms with E-state index in [1.165, 1.54) is 38.5 Å². The highest BCUT2D eigenvalue weighted by Gasteiger charge is 2.10. The lowest BCUT2D eigenvalue weighted by Gasteiger charge is -2.18. The van der Waals surface area contributed by atoms with Crippen molar-refractivity contribution in [1.29, 1.82) is 0 Å². The van der Waals surface area contributed by atoms with E-state index in [0.717, 1.165) is 38.7 Å². The highest BCUT2D eigenvalue weighted by atomic mass is 15.2. The summed E-state index contributed by atoms with van der Waals surface area (Å²) in [6.07, 6.45) is 7.61. The van der Waals surface area contributed by atoms with Gasteiger partial charge in [-0.3, -0.25) is 4.99 Å². The second-order valence-electron chi connectivity index (χ2n) is 5.15. The first-order valence-electron chi connectivity index (χ1n) is 7.82. The molecule has 1 heterocycles. The van der Waals surface area contributed by atoms with Gasteiger partial charge in [-0.25, -0.2) is 0 Å². The first-order chi connectivity index (χ1) is 9.36. The molecule has 1 rings (SSSR count). The van der Waals surface area contributed by atoms with E-state index in [1.54, 1.807) is 0 Å². The summed E-state index contributed by atoms with van der Waals surface area (Å²) in [5, 5.41) is 10.1. The van der Waals surface area contributed by atoms with Crippen LogP contribution in [-0.4, -0.2) is 44.7 Å². The maximum Gasteiger partial charge on any atom is 0.191 e. The Morgan fingerprint density at radius 2 is 2.11 bits per heavy atom. The molecule has 0 saturated carbocycles. The zero-order valence-electron chi connectivity index (χ0n) is 12.4. The Kier molecular flexibility index (Phi) is 9.45. The Balaban J connectivity index is 1.94. The molecule has 19 heavy (non-hydrogen) atoms. The van der Waals surface area contributed by atoms with E-state index >= 15 is 0 Å². The van der Waals surface area contributed by atoms with Crippen molar-refractivity contribution in [3.63, 3.8) is 0 Å². The van der Waals surface area contributed by atoms with Crippen molar-refractivity contribution < 1.29 is 0 Å². The molecule has 0 bridgehead atoms. The SMILES string of the molecule is CCC(CCCCCCNCCN)NC1=NCCN1. The van der Waals surface area contributed by atoms with Crippen LogP contribution in [0.5, 0.6) is 0 Å². The van der Waals surface area contributed by atoms with Gasteiger partial charge < -0.3 is 21.7 Å². The van der Waals surface area contributed by atoms with Crippen LogP contribution in [0.4, 0.5) is 0 Å². The molecular formula is C14H31N5. The van der Waals surface area contributed by atoms with E-state index in [4.69, 9.17) is 5.73 Å². The molecule has 0 aromatic carbocycles. The van der Waals surface area contributed by atoms with Crippen molar-refractivity contribution in [1.82, 2.24) is 16.0 Å². The molecular weight excluding hydrogens is 238 g/mol. The smallest absolute Gasteiger partial charge is 0.191 e. The van der Waals surface area contributed by atoms with Gasteiger partial charge in [-0.2, -0.15) is 0 Å². The van der Waals surface area contributed by atoms with E-state index in [9.17, 15) is 0 Å². The van der Waals surface area contributed by atoms with Gasteiger partial charge in [0, 0.05) is 25.7 Å². The summed E-state index contributed by atoms with van der Waals surface area (Å²) in [5.74, 6) is 0.998. The molecule has 0 aromatic rings. The Hall–Kier alpha value is -0.810. The summed E-state index contributed by atoms with van der Waals surface area (Å²) in [6, 6.07) is 0.569. The lowest BCUT2D eigenvalue weighted by molar-refractivity contribution is 0.492. The maximum absolute atomic E-state index is 5.42. The summed E-state index contributed by atoms with van der Waals surface area (Å²) < 4.78 is 0. The summed E-state index contributed by atoms with van der Waals surface area (Å²) in [5.41, 5.74) is 5.42. The van der Waals surface area contributed by atoms with Crippen molar-refractivity contribution >= 4 is 5.96 Å². The molecule has 0 fully saturated rings. The fourth-order valence-electron chi connectivity index (χ4n) is 2.29. The predicted octanol–water partition coefficient (Wildman–Crippen LogP) is 0.813. The first-order valence-corrected chi connectivity index (χ1v) is 7.82. The third-order valence-electron chi connectivity index (χ3n) is 3.49. The Labute approximate surface area is 117 Å². The molecule has 0 spiro atoms. The van der Waals surface area contributed by atoms with Gasteiger partial charge in [0.1, 0.15) is 0 Å². The number of hydrogen-bond donors (Lipinski definition) is 4. The number of nitrogens with two attached hydrogens (primary N) is 1. The van der Waals surface area contributed by atoms with Gasteiger partial charge in [0.2, 0.25) is 0 Å². The molecule has 0 radical (unpaired) electrons. The summed E-state index contributed by atoms with van der Waals surface area (Å²) in [6.45, 7) is 6.92. The van der Waals surface area contributed by atoms with Crippen molar-refractivity contribution in [2.45, 2.75) is 51.5 Å². The van der Waals surface area contributed by atoms with E-state index < -0.39 is 0 Å². The van der Waals surface area contributed by atoms with Crippen LogP contribution >= 0.6 is 0 Å². The standard InChI is InChI=1S/C14H31N5/c1-2-13(19-14-17-11-12-18-14)7-5-3-4-6-9-16-10-8-15/h13,16H,2-12,15H2,1H3,(H2,17,18,19). The van der Waals surface area contributed by atoms with Crippen molar-refractivity contribution in [3.8, 4) is 0 Å². The minimum Gasteiger partial charge on any atom is -0.355 e. The average molecular weight is 269 g/mol. The van der Waals surface area contributed by atoms with Crippen LogP contribution < -0.4 is 21.7 Å². The van der Waals surface area contributed by atoms with Crippen molar-refractivity contribution in [3.05, 3.63) is 0 Å². The van der Waals surface area contributed by atoms with Crippen LogP contribution in [0.25, 0.3) is 0 Å². The maximum atomic E-state index is 5.42. The molecule has 5 nitrogen and oxygen atoms in total. The van der Waals surface area contributed by atoms with Crippen LogP contribution in [0.3, 0.4) is 0 Å². The van der Waals surface area contributed by atoms with Crippen LogP contribution in [-0.2, 0) is 0 Å². The molecule has 5 heteroatoms. The molecule has 112 valence electrons. The second kappa shape index (κ2) is 11.1. The molecule has 0 amide bonds. The normalized spacial score (nSPS) is 16.0. The molecule has 1 atom stereocenters. The van der Waals surface area contributed by atoms with Gasteiger partial charge in [-0.05, 0) is 25.8 Å². The second-order valence-corrected chi connectivity index (χ2v) is 5.15. The van der Waals surface area contributed by atoms with Crippen LogP contribution in [0, 0.1) is 0 Å². The highest BCUT2D eigenvalue weighted by molar-refractivity contribution is 5.81. The number of nitrogens with one attached hydrogen (secondary N) is 3. The van der Waals surface area contributed by atoms with E-state index in [-0.39, 0.29) is 0 Å². The fraction of sp³-hybridized carbons (Fsp3) is 0.929. The first kappa shape index (κ1) is 16.2. The summed E-state index contributed by atoms with van der Waals surface area (Å²) >= 11 is 0. The zero-order chi connectivity index (χ0) is 13.8. The number of nitrogens with zero attached hydrogens (tertiary/aromatic N) is 1. The Bertz CT molecular complexity index is 242. The molecule has 5 N–H and O–H groups in total. The van der Waals surface area contributed by atoms with Gasteiger partial charge in [-0.15, -0.1) is 0 Å². The predicted molar refractivity (Wildman–Crippen MR) is 82.5 cm³/mol. The van der Waals surface area contributed by atoms with Crippen molar-refractivity contribution in [2.24, 2.45) is 10.7 Å². The van der Waals surface area contributed by atoms with Gasteiger partial charge in [-0.1, -0.05) is 26.2 Å². The van der Waals surface area contributed by atoms with E-state index in [0.29, 0.717) is 6.04 Å². The van der Waals surface area contributed by atoms with Crippen LogP contribution in [0.2, 0.25) is 0 Å². The van der Waals surface area contributed by atoms with Gasteiger partial charge in [0.25, 0.3) is 0 Å². The molecule has 0 aliphatic carbocycles. The van der Waals surface area contributed by atoms with E-state index in [1.807, 2.05) is 0 Å². The number of guanidine groups is 1. The quantitative estimate of drug-likeness (QED) is 0.419. The lowest BCUT2D eigenvalue weighted by atomic mass is 10.1. The minimum absolute atomic E-state index is 0.569. The van der Waals surface area contributed by atoms with E-state index in [2.05, 4.69) is 27.9 Å². The van der Waals surface area contributed by atoms with Gasteiger partial charge in [0.15, 0.2) is 5.96 Å². The Morgan fingerprint density at radius 1 is 1.26 bits per heavy atom. The number of aliphatic imine (C=N–C) groups is 1. The third kappa shape index (κ3) is 8.06. The lowest BCUT2D eigenvalue weighted by Crippen LogP contribution is -2.40. The molecule has 1 unspecified atom stereocenters. The number of unbranched alkanes of at least 4 members (excludes halogenated alkanes) is 3. The summed E-state index contributed by atoms with van der Waals surface area (Å²) in [4.78, 5) is 4.39. The number of rotatable bonds is 11. The zero-order valence-corrected chi connectivity index (χ0v) is 12.4. The fourth-order valence-corrected chi connectivity index (χ4v) is 2.29. The number of hydrogen-bond acceptors (Lipinski definition) is 5. The molecule has 1 aliphatic rings. The van der Waals surface area contributed by atoms with Crippen molar-refractivity contribution in [2.75, 3.05) is 32.7 Å². The monoisotopic (exact) mass is 269 g/mol. The third-order valence-corrected chi connectivity index (χ3v) is 3.49. The van der Waals surface area contributed by atoms with Crippen LogP contribution in [0.15, 0.2) is 4.99 Å². The minimum atomic E-state index is 0.569. The highest BCUT2D eigenvalue weighted by Crippen LogP contribution is 2.08. The van der Waals surface area contributed by atoms with Gasteiger partial charge in [0.05, 0.1) is 6.54 Å². The molecule has 1 aliphatic heterocycles. The summed E-state index contributed by atoms with van der Waals surface area (Å²) in [7, 11) is 0. The topological polar surface area (TPSA) is 74.5 Å². The molecule has 0 saturated heterocycles. The Morgan fingerprint density at radius 3 is 2.79 bits per heavy atom. The van der Waals surface area contributed by atoms with Gasteiger partial charge >= 0.3 is 0 Å². The largest absolute Gasteiger partial charge is 0.355 e. The van der Waals surface area contributed by atoms with Crippen LogP contribution in [0.1, 0.15) is 45.4 Å².